The second kappa shape index (κ2) is 35.4. The largest absolute Gasteiger partial charge is 1.00 e. The summed E-state index contributed by atoms with van der Waals surface area (Å²) in [6.45, 7) is 4.61. The van der Waals surface area contributed by atoms with E-state index >= 15 is 0 Å². The van der Waals surface area contributed by atoms with Gasteiger partial charge >= 0.3 is 29.6 Å². The van der Waals surface area contributed by atoms with Gasteiger partial charge in [0.05, 0.1) is 6.61 Å². The fourth-order valence-electron chi connectivity index (χ4n) is 5.92. The van der Waals surface area contributed by atoms with Crippen LogP contribution in [-0.2, 0) is 14.6 Å². The summed E-state index contributed by atoms with van der Waals surface area (Å²) in [5, 5.41) is 0. The second-order valence-corrected chi connectivity index (χ2v) is 13.7. The molecule has 41 heavy (non-hydrogen) atoms. The third kappa shape index (κ3) is 38.8. The fourth-order valence-corrected chi connectivity index (χ4v) is 6.28. The van der Waals surface area contributed by atoms with Gasteiger partial charge in [0.2, 0.25) is 10.4 Å². The van der Waals surface area contributed by atoms with E-state index in [4.69, 9.17) is 0 Å². The Hall–Kier alpha value is 0.870. The van der Waals surface area contributed by atoms with Crippen molar-refractivity contribution in [2.24, 2.45) is 5.92 Å². The van der Waals surface area contributed by atoms with Crippen molar-refractivity contribution in [2.75, 3.05) is 6.61 Å². The maximum absolute atomic E-state index is 11.0. The molecule has 0 fully saturated rings. The molecule has 0 N–H and O–H groups in total. The molecule has 0 saturated heterocycles. The number of rotatable bonds is 34. The quantitative estimate of drug-likeness (QED) is 0.0315. The zero-order valence-corrected chi connectivity index (χ0v) is 31.1. The first kappa shape index (κ1) is 44.0. The van der Waals surface area contributed by atoms with Gasteiger partial charge < -0.3 is 4.55 Å². The zero-order valence-electron chi connectivity index (χ0n) is 28.2. The van der Waals surface area contributed by atoms with Crippen molar-refractivity contribution in [3.05, 3.63) is 0 Å². The molecule has 242 valence electrons. The van der Waals surface area contributed by atoms with Gasteiger partial charge in [-0.3, -0.25) is 4.18 Å². The Kier molecular flexibility index (Phi) is 37.9. The van der Waals surface area contributed by atoms with Crippen molar-refractivity contribution in [2.45, 2.75) is 213 Å². The van der Waals surface area contributed by atoms with Crippen LogP contribution in [0.4, 0.5) is 0 Å². The molecule has 0 aromatic carbocycles. The Morgan fingerprint density at radius 2 is 0.659 bits per heavy atom. The predicted molar refractivity (Wildman–Crippen MR) is 174 cm³/mol. The van der Waals surface area contributed by atoms with Crippen molar-refractivity contribution in [3.63, 3.8) is 0 Å². The third-order valence-corrected chi connectivity index (χ3v) is 9.05. The molecule has 6 heteroatoms. The average Bonchev–Trinajstić information content (AvgIpc) is 2.93. The molecule has 0 radical (unpaired) electrons. The first-order valence-electron chi connectivity index (χ1n) is 18.1. The number of unbranched alkanes of at least 4 members (excludes halogenated alkanes) is 27. The maximum atomic E-state index is 11.0. The molecule has 4 nitrogen and oxygen atoms in total. The molecule has 0 aromatic heterocycles. The van der Waals surface area contributed by atoms with Crippen LogP contribution in [-0.4, -0.2) is 19.6 Å². The first-order valence-corrected chi connectivity index (χ1v) is 19.4. The molecule has 0 heterocycles. The number of hydrogen-bond donors (Lipinski definition) is 0. The van der Waals surface area contributed by atoms with Crippen LogP contribution in [0.1, 0.15) is 213 Å². The van der Waals surface area contributed by atoms with Gasteiger partial charge in [0.15, 0.2) is 0 Å². The molecule has 0 amide bonds. The Balaban J connectivity index is 0. The van der Waals surface area contributed by atoms with Gasteiger partial charge in [-0.15, -0.1) is 0 Å². The molecule has 0 aliphatic heterocycles. The fraction of sp³-hybridized carbons (Fsp3) is 1.00. The van der Waals surface area contributed by atoms with Gasteiger partial charge in [-0.25, -0.2) is 8.42 Å². The van der Waals surface area contributed by atoms with Crippen molar-refractivity contribution < 1.29 is 46.7 Å². The third-order valence-electron chi connectivity index (χ3n) is 8.63. The van der Waals surface area contributed by atoms with Crippen LogP contribution in [0, 0.1) is 5.92 Å². The predicted octanol–water partition coefficient (Wildman–Crippen LogP) is 9.22. The van der Waals surface area contributed by atoms with Crippen molar-refractivity contribution >= 4 is 10.4 Å². The van der Waals surface area contributed by atoms with E-state index in [0.717, 1.165) is 25.7 Å². The zero-order chi connectivity index (χ0) is 29.4. The van der Waals surface area contributed by atoms with Crippen LogP contribution in [0.15, 0.2) is 0 Å². The summed E-state index contributed by atoms with van der Waals surface area (Å²) < 4.78 is 37.5. The summed E-state index contributed by atoms with van der Waals surface area (Å²) in [6.07, 6.45) is 41.0. The van der Waals surface area contributed by atoms with Crippen LogP contribution < -0.4 is 29.6 Å². The minimum absolute atomic E-state index is 0. The Labute approximate surface area is 281 Å². The van der Waals surface area contributed by atoms with Crippen LogP contribution in [0.3, 0.4) is 0 Å². The SMILES string of the molecule is CCCCCCCCCCCCCCCCCCCCCC(CCCCCCCCCCCC)COS(=O)(=O)[O-].[Na+]. The average molecular weight is 611 g/mol. The van der Waals surface area contributed by atoms with Gasteiger partial charge in [0.1, 0.15) is 0 Å². The van der Waals surface area contributed by atoms with E-state index < -0.39 is 10.4 Å². The molecule has 0 aliphatic carbocycles. The summed E-state index contributed by atoms with van der Waals surface area (Å²) in [7, 11) is -4.59. The molecular weight excluding hydrogens is 539 g/mol. The van der Waals surface area contributed by atoms with E-state index in [1.54, 1.807) is 0 Å². The molecule has 0 spiro atoms. The molecule has 0 rings (SSSR count). The summed E-state index contributed by atoms with van der Waals surface area (Å²) in [6, 6.07) is 0. The van der Waals surface area contributed by atoms with Gasteiger partial charge in [-0.1, -0.05) is 200 Å². The van der Waals surface area contributed by atoms with E-state index in [1.165, 1.54) is 173 Å². The Morgan fingerprint density at radius 3 is 0.878 bits per heavy atom. The summed E-state index contributed by atoms with van der Waals surface area (Å²) in [5.74, 6) is 0.198. The minimum atomic E-state index is -4.59. The standard InChI is InChI=1S/C35H72O4S.Na/c1-3-5-7-9-11-13-15-16-17-18-19-20-21-22-23-25-27-29-31-33-35(34-39-40(36,37)38)32-30-28-26-24-14-12-10-8-6-4-2;/h35H,3-34H2,1-2H3,(H,36,37,38);/q;+1/p-1. The molecule has 1 atom stereocenters. The van der Waals surface area contributed by atoms with Crippen LogP contribution in [0.5, 0.6) is 0 Å². The molecule has 0 bridgehead atoms. The van der Waals surface area contributed by atoms with E-state index in [9.17, 15) is 13.0 Å². The normalized spacial score (nSPS) is 12.5. The number of hydrogen-bond acceptors (Lipinski definition) is 4. The molecule has 0 aliphatic rings. The van der Waals surface area contributed by atoms with Crippen molar-refractivity contribution in [1.82, 2.24) is 0 Å². The van der Waals surface area contributed by atoms with E-state index in [0.29, 0.717) is 0 Å². The summed E-state index contributed by atoms with van der Waals surface area (Å²) in [5.41, 5.74) is 0. The molecular formula is C35H71NaO4S. The van der Waals surface area contributed by atoms with Gasteiger partial charge in [-0.2, -0.15) is 0 Å². The van der Waals surface area contributed by atoms with Gasteiger partial charge in [-0.05, 0) is 18.8 Å². The maximum Gasteiger partial charge on any atom is 1.00 e. The Morgan fingerprint density at radius 1 is 0.439 bits per heavy atom. The monoisotopic (exact) mass is 610 g/mol. The second-order valence-electron chi connectivity index (χ2n) is 12.7. The summed E-state index contributed by atoms with van der Waals surface area (Å²) in [4.78, 5) is 0. The van der Waals surface area contributed by atoms with E-state index in [-0.39, 0.29) is 42.1 Å². The summed E-state index contributed by atoms with van der Waals surface area (Å²) >= 11 is 0. The molecule has 1 unspecified atom stereocenters. The minimum Gasteiger partial charge on any atom is -0.726 e. The topological polar surface area (TPSA) is 66.4 Å². The smallest absolute Gasteiger partial charge is 0.726 e. The van der Waals surface area contributed by atoms with Crippen LogP contribution >= 0.6 is 0 Å². The van der Waals surface area contributed by atoms with E-state index in [1.807, 2.05) is 0 Å². The van der Waals surface area contributed by atoms with Gasteiger partial charge in [0, 0.05) is 0 Å². The van der Waals surface area contributed by atoms with Crippen LogP contribution in [0.25, 0.3) is 0 Å². The molecule has 0 saturated carbocycles. The first-order chi connectivity index (χ1) is 19.5. The Bertz CT molecular complexity index is 585. The van der Waals surface area contributed by atoms with Crippen molar-refractivity contribution in [1.29, 1.82) is 0 Å². The molecule has 0 aromatic rings. The van der Waals surface area contributed by atoms with E-state index in [2.05, 4.69) is 18.0 Å². The van der Waals surface area contributed by atoms with Crippen LogP contribution in [0.2, 0.25) is 0 Å². The van der Waals surface area contributed by atoms with Gasteiger partial charge in [0.25, 0.3) is 0 Å². The van der Waals surface area contributed by atoms with Crippen molar-refractivity contribution in [3.8, 4) is 0 Å².